The quantitative estimate of drug-likeness (QED) is 0.0540. The van der Waals surface area contributed by atoms with Gasteiger partial charge in [-0.2, -0.15) is 0 Å². The highest BCUT2D eigenvalue weighted by atomic mass is 16.8. The van der Waals surface area contributed by atoms with Crippen molar-refractivity contribution in [2.75, 3.05) is 13.2 Å². The zero-order valence-corrected chi connectivity index (χ0v) is 41.1. The summed E-state index contributed by atoms with van der Waals surface area (Å²) in [5.74, 6) is -2.21. The molecular formula is C62H63O11. The van der Waals surface area contributed by atoms with Crippen LogP contribution in [0.5, 0.6) is 0 Å². The van der Waals surface area contributed by atoms with Gasteiger partial charge in [0.25, 0.3) is 0 Å². The number of carbonyl (C=O) groups excluding carboxylic acids is 1. The first kappa shape index (κ1) is 51.5. The van der Waals surface area contributed by atoms with E-state index in [4.69, 9.17) is 47.4 Å². The highest BCUT2D eigenvalue weighted by molar-refractivity contribution is 5.65. The molecule has 0 aromatic heterocycles. The van der Waals surface area contributed by atoms with Gasteiger partial charge in [0, 0.05) is 12.5 Å². The summed E-state index contributed by atoms with van der Waals surface area (Å²) >= 11 is 0. The van der Waals surface area contributed by atoms with Crippen molar-refractivity contribution < 1.29 is 52.2 Å². The molecule has 9 atom stereocenters. The number of hydrogen-bond donors (Lipinski definition) is 0. The second-order valence-electron chi connectivity index (χ2n) is 18.1. The van der Waals surface area contributed by atoms with Gasteiger partial charge in [0.05, 0.1) is 46.2 Å². The zero-order chi connectivity index (χ0) is 49.9. The van der Waals surface area contributed by atoms with E-state index >= 15 is 0 Å². The summed E-state index contributed by atoms with van der Waals surface area (Å²) in [7, 11) is 0. The Hall–Kier alpha value is -6.35. The smallest absolute Gasteiger partial charge is 0.302 e. The maximum Gasteiger partial charge on any atom is 0.302 e. The molecule has 0 aliphatic carbocycles. The number of hydrogen-bond acceptors (Lipinski definition) is 11. The van der Waals surface area contributed by atoms with Crippen molar-refractivity contribution in [3.63, 3.8) is 0 Å². The molecule has 11 heteroatoms. The van der Waals surface area contributed by atoms with Crippen LogP contribution in [0.25, 0.3) is 0 Å². The van der Waals surface area contributed by atoms with Crippen molar-refractivity contribution in [2.45, 2.75) is 101 Å². The molecule has 0 amide bonds. The molecule has 2 aliphatic rings. The maximum absolute atomic E-state index is 12.7. The van der Waals surface area contributed by atoms with Gasteiger partial charge in [-0.25, -0.2) is 0 Å². The highest BCUT2D eigenvalue weighted by Crippen LogP contribution is 2.45. The molecule has 2 aliphatic heterocycles. The molecule has 11 nitrogen and oxygen atoms in total. The molecule has 0 bridgehead atoms. The first-order chi connectivity index (χ1) is 36.0. The van der Waals surface area contributed by atoms with E-state index in [2.05, 4.69) is 0 Å². The number of rotatable bonds is 24. The van der Waals surface area contributed by atoms with E-state index in [0.717, 1.165) is 33.4 Å². The van der Waals surface area contributed by atoms with Crippen LogP contribution in [0.1, 0.15) is 45.9 Å². The van der Waals surface area contributed by atoms with Gasteiger partial charge in [0.15, 0.2) is 0 Å². The Morgan fingerprint density at radius 1 is 0.411 bits per heavy atom. The number of esters is 1. The minimum absolute atomic E-state index is 0.0894. The molecule has 0 unspecified atom stereocenters. The topological polar surface area (TPSA) is 109 Å². The molecule has 2 fully saturated rings. The van der Waals surface area contributed by atoms with Gasteiger partial charge in [0.1, 0.15) is 62.0 Å². The Balaban J connectivity index is 1.11. The van der Waals surface area contributed by atoms with Crippen molar-refractivity contribution in [1.82, 2.24) is 0 Å². The Morgan fingerprint density at radius 3 is 1.19 bits per heavy atom. The van der Waals surface area contributed by atoms with Gasteiger partial charge >= 0.3 is 5.97 Å². The van der Waals surface area contributed by atoms with E-state index in [1.807, 2.05) is 212 Å². The molecule has 7 aromatic carbocycles. The van der Waals surface area contributed by atoms with E-state index in [-0.39, 0.29) is 39.6 Å². The number of ether oxygens (including phenoxy) is 10. The van der Waals surface area contributed by atoms with Crippen molar-refractivity contribution in [3.05, 3.63) is 258 Å². The summed E-state index contributed by atoms with van der Waals surface area (Å²) in [4.78, 5) is 12.7. The predicted octanol–water partition coefficient (Wildman–Crippen LogP) is 10.9. The second kappa shape index (κ2) is 26.6. The van der Waals surface area contributed by atoms with Crippen LogP contribution in [-0.4, -0.2) is 68.0 Å². The molecule has 7 aromatic rings. The maximum atomic E-state index is 12.7. The first-order valence-corrected chi connectivity index (χ1v) is 24.9. The number of carbonyl (C=O) groups is 1. The Morgan fingerprint density at radius 2 is 0.767 bits per heavy atom. The predicted molar refractivity (Wildman–Crippen MR) is 275 cm³/mol. The minimum Gasteiger partial charge on any atom is -0.463 e. The second-order valence-corrected chi connectivity index (χ2v) is 18.1. The summed E-state index contributed by atoms with van der Waals surface area (Å²) in [5, 5.41) is 0. The minimum atomic E-state index is -1.73. The Kier molecular flexibility index (Phi) is 18.8. The fourth-order valence-electron chi connectivity index (χ4n) is 9.17. The zero-order valence-electron chi connectivity index (χ0n) is 41.1. The van der Waals surface area contributed by atoms with Crippen LogP contribution in [0.2, 0.25) is 0 Å². The SMILES string of the molecule is CC(=O)OC[C@H]1O[C@](OC[C@H]2O[CH][C@H](OCc3ccccc3)[C@@H](OCc3ccccc3)[C@@H]2OCc2ccccc2)(c2ccccc2)[C@H](OCc2ccccc2)[C@@H](OCc2ccccc2)[C@@H]1OCc1ccccc1. The molecule has 0 saturated carbocycles. The fraction of sp³-hybridized carbons (Fsp3) is 0.290. The molecule has 1 radical (unpaired) electrons. The molecule has 2 heterocycles. The van der Waals surface area contributed by atoms with Crippen molar-refractivity contribution >= 4 is 5.97 Å². The van der Waals surface area contributed by atoms with Crippen LogP contribution < -0.4 is 0 Å². The average Bonchev–Trinajstić information content (AvgIpc) is 3.45. The van der Waals surface area contributed by atoms with Crippen LogP contribution in [0.4, 0.5) is 0 Å². The van der Waals surface area contributed by atoms with Crippen molar-refractivity contribution in [1.29, 1.82) is 0 Å². The molecule has 9 rings (SSSR count). The third-order valence-corrected chi connectivity index (χ3v) is 12.9. The van der Waals surface area contributed by atoms with E-state index in [1.54, 1.807) is 6.61 Å². The summed E-state index contributed by atoms with van der Waals surface area (Å²) in [5.41, 5.74) is 6.41. The van der Waals surface area contributed by atoms with Gasteiger partial charge in [-0.1, -0.05) is 212 Å². The monoisotopic (exact) mass is 983 g/mol. The van der Waals surface area contributed by atoms with Gasteiger partial charge in [0.2, 0.25) is 5.79 Å². The molecule has 73 heavy (non-hydrogen) atoms. The Bertz CT molecular complexity index is 2650. The number of benzene rings is 7. The molecule has 377 valence electrons. The lowest BCUT2D eigenvalue weighted by Gasteiger charge is -2.53. The summed E-state index contributed by atoms with van der Waals surface area (Å²) in [6, 6.07) is 69.4. The third-order valence-electron chi connectivity index (χ3n) is 12.9. The van der Waals surface area contributed by atoms with Crippen molar-refractivity contribution in [3.8, 4) is 0 Å². The van der Waals surface area contributed by atoms with E-state index in [1.165, 1.54) is 6.92 Å². The van der Waals surface area contributed by atoms with Crippen LogP contribution in [0.3, 0.4) is 0 Å². The normalized spacial score (nSPS) is 23.9. The summed E-state index contributed by atoms with van der Waals surface area (Å²) < 4.78 is 69.1. The summed E-state index contributed by atoms with van der Waals surface area (Å²) in [6.45, 7) is 4.25. The lowest BCUT2D eigenvalue weighted by Crippen LogP contribution is -2.67. The van der Waals surface area contributed by atoms with E-state index in [9.17, 15) is 4.79 Å². The summed E-state index contributed by atoms with van der Waals surface area (Å²) in [6.07, 6.45) is -6.43. The van der Waals surface area contributed by atoms with Crippen LogP contribution >= 0.6 is 0 Å². The lowest BCUT2D eigenvalue weighted by atomic mass is 9.87. The average molecular weight is 984 g/mol. The first-order valence-electron chi connectivity index (χ1n) is 24.9. The van der Waals surface area contributed by atoms with Crippen molar-refractivity contribution in [2.24, 2.45) is 0 Å². The molecular weight excluding hydrogens is 921 g/mol. The highest BCUT2D eigenvalue weighted by Gasteiger charge is 2.60. The standard InChI is InChI=1S/C62H63O11/c1-46(63)64-44-56-59(69-40-50-29-15-5-16-30-50)60(70-41-51-31-17-6-18-32-51)61(71-42-52-33-19-7-20-34-52)62(73-56,53-35-21-8-22-36-53)72-45-55-58(68-39-49-27-13-4-14-28-49)57(67-38-48-25-11-3-12-26-48)54(43-66-55)65-37-47-23-9-2-10-24-47/h2-36,43,54-61H,37-42,44-45H2,1H3/t54-,55+,56+,57+,58+,59+,60-,61+,62+/m0/s1. The van der Waals surface area contributed by atoms with Crippen LogP contribution in [0, 0.1) is 6.61 Å². The molecule has 0 N–H and O–H groups in total. The molecule has 2 saturated heterocycles. The largest absolute Gasteiger partial charge is 0.463 e. The molecule has 0 spiro atoms. The van der Waals surface area contributed by atoms with E-state index in [0.29, 0.717) is 18.8 Å². The van der Waals surface area contributed by atoms with Gasteiger partial charge in [-0.05, 0) is 33.4 Å². The van der Waals surface area contributed by atoms with E-state index < -0.39 is 60.6 Å². The van der Waals surface area contributed by atoms with Crippen LogP contribution in [0.15, 0.2) is 212 Å². The van der Waals surface area contributed by atoms with Gasteiger partial charge in [-0.15, -0.1) is 0 Å². The lowest BCUT2D eigenvalue weighted by molar-refractivity contribution is -0.396. The van der Waals surface area contributed by atoms with Gasteiger partial charge in [-0.3, -0.25) is 4.79 Å². The third kappa shape index (κ3) is 14.2. The Labute approximate surface area is 428 Å². The fourth-order valence-corrected chi connectivity index (χ4v) is 9.17. The van der Waals surface area contributed by atoms with Gasteiger partial charge < -0.3 is 47.4 Å². The van der Waals surface area contributed by atoms with Crippen LogP contribution in [-0.2, 0) is 97.6 Å².